The van der Waals surface area contributed by atoms with Crippen LogP contribution in [0.4, 0.5) is 0 Å². The van der Waals surface area contributed by atoms with Gasteiger partial charge in [-0.15, -0.1) is 0 Å². The molecule has 0 fully saturated rings. The molecule has 0 aliphatic heterocycles. The van der Waals surface area contributed by atoms with Gasteiger partial charge in [0.2, 0.25) is 0 Å². The highest BCUT2D eigenvalue weighted by atomic mass is 31.2. The van der Waals surface area contributed by atoms with Gasteiger partial charge in [0.25, 0.3) is 0 Å². The van der Waals surface area contributed by atoms with Gasteiger partial charge >= 0.3 is 39.5 Å². The Balaban J connectivity index is 5.22. The van der Waals surface area contributed by atoms with Crippen molar-refractivity contribution in [2.75, 3.05) is 39.6 Å². The molecule has 0 heterocycles. The van der Waals surface area contributed by atoms with E-state index in [9.17, 15) is 43.2 Å². The van der Waals surface area contributed by atoms with Crippen LogP contribution in [0.2, 0.25) is 0 Å². The summed E-state index contributed by atoms with van der Waals surface area (Å²) in [7, 11) is -9.90. The van der Waals surface area contributed by atoms with Crippen LogP contribution in [0.1, 0.15) is 369 Å². The number of carbonyl (C=O) groups is 4. The van der Waals surface area contributed by atoms with Crippen molar-refractivity contribution in [1.29, 1.82) is 0 Å². The average molecular weight is 1340 g/mol. The van der Waals surface area contributed by atoms with Crippen LogP contribution in [0.15, 0.2) is 0 Å². The van der Waals surface area contributed by atoms with E-state index in [0.717, 1.165) is 102 Å². The predicted molar refractivity (Wildman–Crippen MR) is 368 cm³/mol. The number of ether oxygens (including phenoxy) is 4. The monoisotopic (exact) mass is 1340 g/mol. The maximum atomic E-state index is 13.0. The first-order valence-corrected chi connectivity index (χ1v) is 40.5. The molecule has 91 heavy (non-hydrogen) atoms. The van der Waals surface area contributed by atoms with E-state index >= 15 is 0 Å². The molecule has 0 aromatic rings. The van der Waals surface area contributed by atoms with Crippen molar-refractivity contribution < 1.29 is 80.2 Å². The molecule has 0 radical (unpaired) electrons. The van der Waals surface area contributed by atoms with Crippen molar-refractivity contribution in [3.8, 4) is 0 Å². The number of hydrogen-bond donors (Lipinski definition) is 3. The molecule has 0 aliphatic carbocycles. The Hall–Kier alpha value is -1.94. The lowest BCUT2D eigenvalue weighted by Gasteiger charge is -2.21. The molecule has 2 unspecified atom stereocenters. The molecule has 0 spiro atoms. The van der Waals surface area contributed by atoms with Gasteiger partial charge in [0.05, 0.1) is 26.4 Å². The summed E-state index contributed by atoms with van der Waals surface area (Å²) in [6.07, 6.45) is 49.9. The third-order valence-electron chi connectivity index (χ3n) is 16.7. The van der Waals surface area contributed by atoms with Crippen LogP contribution in [-0.4, -0.2) is 96.7 Å². The predicted octanol–water partition coefficient (Wildman–Crippen LogP) is 20.8. The molecule has 0 bridgehead atoms. The molecule has 0 saturated carbocycles. The van der Waals surface area contributed by atoms with E-state index < -0.39 is 97.5 Å². The van der Waals surface area contributed by atoms with E-state index in [4.69, 9.17) is 37.0 Å². The normalized spacial score (nSPS) is 14.1. The van der Waals surface area contributed by atoms with Crippen LogP contribution in [0.5, 0.6) is 0 Å². The van der Waals surface area contributed by atoms with Gasteiger partial charge in [-0.1, -0.05) is 318 Å². The summed E-state index contributed by atoms with van der Waals surface area (Å²) in [5.41, 5.74) is 0. The topological polar surface area (TPSA) is 237 Å². The van der Waals surface area contributed by atoms with Crippen LogP contribution >= 0.6 is 15.6 Å². The van der Waals surface area contributed by atoms with Crippen molar-refractivity contribution in [2.45, 2.75) is 387 Å². The van der Waals surface area contributed by atoms with Gasteiger partial charge < -0.3 is 33.8 Å². The number of rotatable bonds is 71. The zero-order valence-electron chi connectivity index (χ0n) is 59.1. The van der Waals surface area contributed by atoms with Crippen molar-refractivity contribution in [3.05, 3.63) is 0 Å². The van der Waals surface area contributed by atoms with E-state index in [2.05, 4.69) is 41.5 Å². The van der Waals surface area contributed by atoms with Gasteiger partial charge in [0.1, 0.15) is 19.3 Å². The van der Waals surface area contributed by atoms with Crippen molar-refractivity contribution in [2.24, 2.45) is 11.8 Å². The average Bonchev–Trinajstić information content (AvgIpc) is 2.10. The summed E-state index contributed by atoms with van der Waals surface area (Å²) in [4.78, 5) is 72.6. The third kappa shape index (κ3) is 66.5. The molecule has 3 N–H and O–H groups in total. The van der Waals surface area contributed by atoms with E-state index in [0.29, 0.717) is 25.7 Å². The van der Waals surface area contributed by atoms with E-state index in [1.54, 1.807) is 0 Å². The number of esters is 4. The molecule has 0 aromatic carbocycles. The molecule has 17 nitrogen and oxygen atoms in total. The maximum absolute atomic E-state index is 13.0. The summed E-state index contributed by atoms with van der Waals surface area (Å²) < 4.78 is 68.3. The quantitative estimate of drug-likeness (QED) is 0.0222. The minimum atomic E-state index is -4.95. The summed E-state index contributed by atoms with van der Waals surface area (Å²) in [5, 5.41) is 10.6. The number of aliphatic hydroxyl groups excluding tert-OH is 1. The summed E-state index contributed by atoms with van der Waals surface area (Å²) in [6.45, 7) is 9.58. The van der Waals surface area contributed by atoms with Gasteiger partial charge in [0.15, 0.2) is 12.2 Å². The number of unbranched alkanes of at least 4 members (excludes halogenated alkanes) is 41. The molecule has 0 aromatic heterocycles. The number of phosphoric ester groups is 2. The highest BCUT2D eigenvalue weighted by molar-refractivity contribution is 7.47. The zero-order chi connectivity index (χ0) is 67.2. The Kier molecular flexibility index (Phi) is 62.7. The number of phosphoric acid groups is 2. The lowest BCUT2D eigenvalue weighted by atomic mass is 10.0. The second-order valence-electron chi connectivity index (χ2n) is 26.9. The van der Waals surface area contributed by atoms with Gasteiger partial charge in [-0.25, -0.2) is 9.13 Å². The summed E-state index contributed by atoms with van der Waals surface area (Å²) in [6, 6.07) is 0. The summed E-state index contributed by atoms with van der Waals surface area (Å²) in [5.74, 6) is -0.544. The minimum absolute atomic E-state index is 0.106. The first-order chi connectivity index (χ1) is 43.9. The fourth-order valence-electron chi connectivity index (χ4n) is 10.9. The molecular formula is C72H140O17P2. The molecule has 0 aliphatic rings. The van der Waals surface area contributed by atoms with Gasteiger partial charge in [0, 0.05) is 25.7 Å². The lowest BCUT2D eigenvalue weighted by Crippen LogP contribution is -2.30. The highest BCUT2D eigenvalue weighted by Gasteiger charge is 2.30. The molecule has 0 saturated heterocycles. The van der Waals surface area contributed by atoms with Gasteiger partial charge in [-0.3, -0.25) is 37.3 Å². The Morgan fingerprint density at radius 1 is 0.297 bits per heavy atom. The van der Waals surface area contributed by atoms with Crippen LogP contribution in [-0.2, 0) is 65.4 Å². The SMILES string of the molecule is CCCCCCCCCCCCC(=O)O[C@H](COC(=O)CCCCCCCCCCC)COP(=O)(O)OC[C@H](O)COP(=O)(O)OC[C@@H](COC(=O)CCCCCCCCCCCCCCCC(C)C)OC(=O)CCCCCCCCCCCCCCCC(C)C. The van der Waals surface area contributed by atoms with E-state index in [1.165, 1.54) is 186 Å². The molecule has 0 amide bonds. The van der Waals surface area contributed by atoms with E-state index in [1.807, 2.05) is 0 Å². The lowest BCUT2D eigenvalue weighted by molar-refractivity contribution is -0.161. The number of aliphatic hydroxyl groups is 1. The molecule has 540 valence electrons. The van der Waals surface area contributed by atoms with E-state index in [-0.39, 0.29) is 25.7 Å². The van der Waals surface area contributed by atoms with Crippen LogP contribution in [0.3, 0.4) is 0 Å². The van der Waals surface area contributed by atoms with Gasteiger partial charge in [-0.05, 0) is 37.5 Å². The highest BCUT2D eigenvalue weighted by Crippen LogP contribution is 2.45. The second-order valence-corrected chi connectivity index (χ2v) is 29.8. The van der Waals surface area contributed by atoms with Crippen LogP contribution < -0.4 is 0 Å². The maximum Gasteiger partial charge on any atom is 0.472 e. The Bertz CT molecular complexity index is 1770. The van der Waals surface area contributed by atoms with Crippen LogP contribution in [0.25, 0.3) is 0 Å². The van der Waals surface area contributed by atoms with Crippen molar-refractivity contribution in [1.82, 2.24) is 0 Å². The number of hydrogen-bond acceptors (Lipinski definition) is 15. The third-order valence-corrected chi connectivity index (χ3v) is 18.6. The Labute approximate surface area is 556 Å². The largest absolute Gasteiger partial charge is 0.472 e. The molecule has 0 rings (SSSR count). The number of carbonyl (C=O) groups excluding carboxylic acids is 4. The van der Waals surface area contributed by atoms with Crippen molar-refractivity contribution >= 4 is 39.5 Å². The van der Waals surface area contributed by atoms with Crippen molar-refractivity contribution in [3.63, 3.8) is 0 Å². The standard InChI is InChI=1S/C72H140O17P2/c1-7-9-11-13-15-17-31-38-44-50-56-71(76)88-67(60-82-69(74)54-48-42-36-28-16-14-12-10-8-2)62-86-90(78,79)84-58-66(73)59-85-91(80,81)87-63-68(89-72(77)57-51-45-39-33-27-23-19-21-25-30-35-41-47-53-65(5)6)61-83-70(75)55-49-43-37-32-26-22-18-20-24-29-34-40-46-52-64(3)4/h64-68,73H,7-63H2,1-6H3,(H,78,79)(H,80,81)/t66-,67+,68+/m0/s1. The minimum Gasteiger partial charge on any atom is -0.462 e. The first-order valence-electron chi connectivity index (χ1n) is 37.5. The van der Waals surface area contributed by atoms with Gasteiger partial charge in [-0.2, -0.15) is 0 Å². The molecule has 19 heteroatoms. The second kappa shape index (κ2) is 64.1. The van der Waals surface area contributed by atoms with Crippen LogP contribution in [0, 0.1) is 11.8 Å². The molecule has 5 atom stereocenters. The molecular weight excluding hydrogens is 1200 g/mol. The smallest absolute Gasteiger partial charge is 0.462 e. The summed E-state index contributed by atoms with van der Waals surface area (Å²) >= 11 is 0. The fraction of sp³-hybridized carbons (Fsp3) is 0.944. The Morgan fingerprint density at radius 2 is 0.505 bits per heavy atom. The fourth-order valence-corrected chi connectivity index (χ4v) is 12.5. The Morgan fingerprint density at radius 3 is 0.747 bits per heavy atom. The first kappa shape index (κ1) is 89.1. The zero-order valence-corrected chi connectivity index (χ0v) is 60.9.